The highest BCUT2D eigenvalue weighted by Gasteiger charge is 2.10. The average Bonchev–Trinajstić information content (AvgIpc) is 3.10. The molecular formula is C30H7Cl2N. The third kappa shape index (κ3) is 6.42. The Morgan fingerprint density at radius 1 is 0.515 bits per heavy atom. The molecule has 0 aliphatic rings. The number of halogens is 2. The molecule has 146 valence electrons. The Morgan fingerprint density at radius 2 is 0.879 bits per heavy atom. The van der Waals surface area contributed by atoms with Gasteiger partial charge in [0, 0.05) is 74.2 Å². The predicted octanol–water partition coefficient (Wildman–Crippen LogP) is 4.57. The van der Waals surface area contributed by atoms with Crippen LogP contribution in [0, 0.1) is 107 Å². The predicted molar refractivity (Wildman–Crippen MR) is 136 cm³/mol. The van der Waals surface area contributed by atoms with Crippen molar-refractivity contribution in [3.05, 3.63) is 46.4 Å². The Bertz CT molecular complexity index is 1780. The molecule has 0 radical (unpaired) electrons. The van der Waals surface area contributed by atoms with Crippen molar-refractivity contribution in [1.29, 1.82) is 0 Å². The van der Waals surface area contributed by atoms with Crippen LogP contribution >= 0.6 is 23.2 Å². The maximum absolute atomic E-state index is 6.17. The second-order valence-corrected chi connectivity index (χ2v) is 6.66. The lowest BCUT2D eigenvalue weighted by molar-refractivity contribution is 1.26. The zero-order chi connectivity index (χ0) is 23.3. The third-order valence-electron chi connectivity index (χ3n) is 3.81. The van der Waals surface area contributed by atoms with Crippen LogP contribution in [0.2, 0.25) is 10.0 Å². The SMILES string of the molecule is C#CC#CC#CC#CC#CC#CC#CC#CC#Cn1c2cc(Cl)ccc2c2ccc(Cl)cc21. The quantitative estimate of drug-likeness (QED) is 0.441. The van der Waals surface area contributed by atoms with Crippen LogP contribution in [0.25, 0.3) is 21.8 Å². The molecular weight excluding hydrogens is 445 g/mol. The van der Waals surface area contributed by atoms with Crippen molar-refractivity contribution < 1.29 is 0 Å². The maximum atomic E-state index is 6.17. The van der Waals surface area contributed by atoms with Crippen LogP contribution in [0.15, 0.2) is 36.4 Å². The molecule has 0 bridgehead atoms. The molecule has 1 aromatic heterocycles. The van der Waals surface area contributed by atoms with Crippen molar-refractivity contribution in [2.24, 2.45) is 0 Å². The zero-order valence-corrected chi connectivity index (χ0v) is 18.3. The molecule has 0 N–H and O–H groups in total. The van der Waals surface area contributed by atoms with Gasteiger partial charge < -0.3 is 0 Å². The normalized spacial score (nSPS) is 7.55. The molecule has 0 amide bonds. The molecule has 1 nitrogen and oxygen atoms in total. The number of terminal acetylenes is 1. The molecule has 0 saturated carbocycles. The minimum atomic E-state index is 0.617. The monoisotopic (exact) mass is 451 g/mol. The van der Waals surface area contributed by atoms with Gasteiger partial charge in [-0.3, -0.25) is 4.57 Å². The first-order chi connectivity index (χ1) is 16.2. The Hall–Kier alpha value is -5.14. The number of benzene rings is 2. The van der Waals surface area contributed by atoms with E-state index in [0.29, 0.717) is 10.0 Å². The van der Waals surface area contributed by atoms with E-state index in [0.717, 1.165) is 21.8 Å². The van der Waals surface area contributed by atoms with Crippen LogP contribution in [0.5, 0.6) is 0 Å². The van der Waals surface area contributed by atoms with Crippen molar-refractivity contribution >= 4 is 45.0 Å². The summed E-state index contributed by atoms with van der Waals surface area (Å²) in [6, 6.07) is 14.3. The topological polar surface area (TPSA) is 4.93 Å². The van der Waals surface area contributed by atoms with Crippen LogP contribution in [-0.2, 0) is 0 Å². The fourth-order valence-electron chi connectivity index (χ4n) is 2.61. The second kappa shape index (κ2) is 11.9. The van der Waals surface area contributed by atoms with E-state index >= 15 is 0 Å². The van der Waals surface area contributed by atoms with Crippen molar-refractivity contribution in [1.82, 2.24) is 4.57 Å². The second-order valence-electron chi connectivity index (χ2n) is 5.79. The molecule has 2 aromatic carbocycles. The largest absolute Gasteiger partial charge is 0.268 e. The molecule has 0 unspecified atom stereocenters. The lowest BCUT2D eigenvalue weighted by atomic mass is 10.1. The summed E-state index contributed by atoms with van der Waals surface area (Å²) in [6.45, 7) is 0. The van der Waals surface area contributed by atoms with Crippen LogP contribution in [0.3, 0.4) is 0 Å². The molecule has 33 heavy (non-hydrogen) atoms. The summed E-state index contributed by atoms with van der Waals surface area (Å²) in [5.41, 5.74) is 1.75. The number of aromatic nitrogens is 1. The van der Waals surface area contributed by atoms with Crippen LogP contribution in [0.4, 0.5) is 0 Å². The molecule has 0 spiro atoms. The van der Waals surface area contributed by atoms with Gasteiger partial charge in [0.1, 0.15) is 0 Å². The summed E-state index contributed by atoms with van der Waals surface area (Å²) in [6.07, 6.45) is 4.95. The van der Waals surface area contributed by atoms with Gasteiger partial charge in [-0.25, -0.2) is 0 Å². The van der Waals surface area contributed by atoms with Gasteiger partial charge in [-0.15, -0.1) is 6.42 Å². The van der Waals surface area contributed by atoms with E-state index in [1.807, 2.05) is 41.0 Å². The summed E-state index contributed by atoms with van der Waals surface area (Å²) in [7, 11) is 0. The van der Waals surface area contributed by atoms with E-state index < -0.39 is 0 Å². The lowest BCUT2D eigenvalue weighted by Crippen LogP contribution is -1.87. The van der Waals surface area contributed by atoms with E-state index in [4.69, 9.17) is 29.6 Å². The standard InChI is InChI=1S/C30H7Cl2N/c1-2-3-4-5-6-7-8-9-10-11-12-13-14-15-16-17-22-33-29-23-25(31)18-20-27(29)28-21-19-26(32)24-30(28)33/h1,18-21,23-24H. The van der Waals surface area contributed by atoms with Gasteiger partial charge in [0.05, 0.1) is 11.0 Å². The van der Waals surface area contributed by atoms with Crippen LogP contribution in [0.1, 0.15) is 0 Å². The summed E-state index contributed by atoms with van der Waals surface area (Å²) in [5, 5.41) is 3.29. The van der Waals surface area contributed by atoms with Crippen LogP contribution in [-0.4, -0.2) is 4.57 Å². The van der Waals surface area contributed by atoms with Gasteiger partial charge in [-0.2, -0.15) is 0 Å². The fourth-order valence-corrected chi connectivity index (χ4v) is 2.94. The first-order valence-electron chi connectivity index (χ1n) is 9.06. The molecule has 3 aromatic rings. The first-order valence-corrected chi connectivity index (χ1v) is 9.82. The number of fused-ring (bicyclic) bond motifs is 3. The molecule has 3 heteroatoms. The third-order valence-corrected chi connectivity index (χ3v) is 4.28. The highest BCUT2D eigenvalue weighted by atomic mass is 35.5. The fraction of sp³-hybridized carbons (Fsp3) is 0. The van der Waals surface area contributed by atoms with Gasteiger partial charge in [0.2, 0.25) is 0 Å². The molecule has 0 aliphatic carbocycles. The smallest absolute Gasteiger partial charge is 0.0640 e. The van der Waals surface area contributed by atoms with Crippen molar-refractivity contribution in [2.75, 3.05) is 0 Å². The number of rotatable bonds is 0. The molecule has 3 rings (SSSR count). The number of nitrogens with zero attached hydrogens (tertiary/aromatic N) is 1. The molecule has 0 aliphatic heterocycles. The molecule has 1 heterocycles. The highest BCUT2D eigenvalue weighted by Crippen LogP contribution is 2.31. The van der Waals surface area contributed by atoms with E-state index in [9.17, 15) is 0 Å². The van der Waals surface area contributed by atoms with Gasteiger partial charge in [-0.1, -0.05) is 35.3 Å². The summed E-state index contributed by atoms with van der Waals surface area (Å²) in [4.78, 5) is 0. The Labute approximate surface area is 202 Å². The number of hydrogen-bond donors (Lipinski definition) is 0. The minimum Gasteiger partial charge on any atom is -0.268 e. The maximum Gasteiger partial charge on any atom is 0.0640 e. The van der Waals surface area contributed by atoms with E-state index in [2.05, 4.69) is 101 Å². The van der Waals surface area contributed by atoms with Crippen molar-refractivity contribution in [3.8, 4) is 107 Å². The minimum absolute atomic E-state index is 0.617. The van der Waals surface area contributed by atoms with Crippen molar-refractivity contribution in [3.63, 3.8) is 0 Å². The van der Waals surface area contributed by atoms with Crippen LogP contribution < -0.4 is 0 Å². The van der Waals surface area contributed by atoms with E-state index in [-0.39, 0.29) is 0 Å². The van der Waals surface area contributed by atoms with E-state index in [1.54, 1.807) is 0 Å². The lowest BCUT2D eigenvalue weighted by Gasteiger charge is -1.97. The Kier molecular flexibility index (Phi) is 8.13. The summed E-state index contributed by atoms with van der Waals surface area (Å²) >= 11 is 12.3. The van der Waals surface area contributed by atoms with Gasteiger partial charge in [0.25, 0.3) is 0 Å². The first kappa shape index (κ1) is 22.5. The Balaban J connectivity index is 1.74. The van der Waals surface area contributed by atoms with Gasteiger partial charge in [0.15, 0.2) is 0 Å². The summed E-state index contributed by atoms with van der Waals surface area (Å²) < 4.78 is 1.81. The van der Waals surface area contributed by atoms with E-state index in [1.165, 1.54) is 0 Å². The Morgan fingerprint density at radius 3 is 1.27 bits per heavy atom. The average molecular weight is 452 g/mol. The highest BCUT2D eigenvalue weighted by molar-refractivity contribution is 6.32. The molecule has 0 atom stereocenters. The van der Waals surface area contributed by atoms with Crippen molar-refractivity contribution in [2.45, 2.75) is 0 Å². The van der Waals surface area contributed by atoms with Gasteiger partial charge >= 0.3 is 0 Å². The van der Waals surface area contributed by atoms with Gasteiger partial charge in [-0.05, 0) is 71.6 Å². The number of hydrogen-bond acceptors (Lipinski definition) is 0. The summed E-state index contributed by atoms with van der Waals surface area (Å²) in [5.74, 6) is 40.3. The molecule has 0 saturated heterocycles. The molecule has 0 fully saturated rings. The zero-order valence-electron chi connectivity index (χ0n) is 16.7.